The van der Waals surface area contributed by atoms with Gasteiger partial charge in [0.2, 0.25) is 0 Å². The van der Waals surface area contributed by atoms with Gasteiger partial charge in [0.1, 0.15) is 0 Å². The highest BCUT2D eigenvalue weighted by Crippen LogP contribution is 2.35. The van der Waals surface area contributed by atoms with Gasteiger partial charge >= 0.3 is 0 Å². The second kappa shape index (κ2) is 6.13. The highest BCUT2D eigenvalue weighted by molar-refractivity contribution is 8.18. The molecular formula is C19H14N2O2S2. The molecule has 3 heterocycles. The molecule has 1 aromatic carbocycles. The van der Waals surface area contributed by atoms with Gasteiger partial charge in [-0.3, -0.25) is 19.9 Å². The van der Waals surface area contributed by atoms with Crippen molar-refractivity contribution in [1.29, 1.82) is 0 Å². The standard InChI is InChI=1S/C19H14N2O2S2/c1-10-7-16(24-11(10)2)13-5-6-20-15-4-3-12(8-14(13)15)9-17-18(22)21-19(23)25-17/h3-9H,1-2H3,(H,21,22,23)/b17-9-. The molecule has 2 amide bonds. The summed E-state index contributed by atoms with van der Waals surface area (Å²) in [6, 6.07) is 10.1. The molecule has 0 aliphatic carbocycles. The molecule has 2 aromatic heterocycles. The van der Waals surface area contributed by atoms with Crippen LogP contribution in [0.2, 0.25) is 0 Å². The number of nitrogens with zero attached hydrogens (tertiary/aromatic N) is 1. The average Bonchev–Trinajstić information content (AvgIpc) is 3.08. The Morgan fingerprint density at radius 2 is 1.96 bits per heavy atom. The number of rotatable bonds is 2. The molecule has 0 radical (unpaired) electrons. The summed E-state index contributed by atoms with van der Waals surface area (Å²) in [5.74, 6) is -0.342. The Balaban J connectivity index is 1.85. The maximum atomic E-state index is 11.7. The van der Waals surface area contributed by atoms with Gasteiger partial charge in [0, 0.05) is 26.9 Å². The normalized spacial score (nSPS) is 16.0. The van der Waals surface area contributed by atoms with Crippen molar-refractivity contribution in [2.75, 3.05) is 0 Å². The first kappa shape index (κ1) is 16.1. The van der Waals surface area contributed by atoms with Crippen molar-refractivity contribution >= 4 is 51.2 Å². The summed E-state index contributed by atoms with van der Waals surface area (Å²) in [5, 5.41) is 2.98. The number of pyridine rings is 1. The summed E-state index contributed by atoms with van der Waals surface area (Å²) in [5.41, 5.74) is 4.19. The molecule has 1 aliphatic heterocycles. The largest absolute Gasteiger partial charge is 0.290 e. The Labute approximate surface area is 153 Å². The zero-order valence-electron chi connectivity index (χ0n) is 13.6. The lowest BCUT2D eigenvalue weighted by molar-refractivity contribution is -0.115. The van der Waals surface area contributed by atoms with Crippen LogP contribution in [0.5, 0.6) is 0 Å². The van der Waals surface area contributed by atoms with E-state index in [2.05, 4.69) is 30.2 Å². The summed E-state index contributed by atoms with van der Waals surface area (Å²) in [6.45, 7) is 4.23. The Morgan fingerprint density at radius 3 is 2.64 bits per heavy atom. The fourth-order valence-electron chi connectivity index (χ4n) is 2.75. The third-order valence-corrected chi connectivity index (χ3v) is 6.13. The summed E-state index contributed by atoms with van der Waals surface area (Å²) in [4.78, 5) is 30.4. The number of hydrogen-bond acceptors (Lipinski definition) is 5. The smallest absolute Gasteiger partial charge is 0.282 e. The number of imide groups is 1. The summed E-state index contributed by atoms with van der Waals surface area (Å²) in [7, 11) is 0. The van der Waals surface area contributed by atoms with E-state index in [0.717, 1.165) is 33.8 Å². The van der Waals surface area contributed by atoms with Gasteiger partial charge in [-0.15, -0.1) is 11.3 Å². The molecule has 0 bridgehead atoms. The van der Waals surface area contributed by atoms with Gasteiger partial charge in [-0.05, 0) is 67.1 Å². The fourth-order valence-corrected chi connectivity index (χ4v) is 4.50. The molecule has 1 saturated heterocycles. The van der Waals surface area contributed by atoms with Crippen LogP contribution in [0.1, 0.15) is 16.0 Å². The molecule has 6 heteroatoms. The Bertz CT molecular complexity index is 1050. The number of carbonyl (C=O) groups is 2. The molecule has 3 aromatic rings. The minimum Gasteiger partial charge on any atom is -0.282 e. The van der Waals surface area contributed by atoms with Crippen molar-refractivity contribution in [3.05, 3.63) is 57.4 Å². The molecule has 25 heavy (non-hydrogen) atoms. The number of benzene rings is 1. The van der Waals surface area contributed by atoms with Crippen LogP contribution in [0.4, 0.5) is 4.79 Å². The van der Waals surface area contributed by atoms with E-state index in [0.29, 0.717) is 4.91 Å². The number of hydrogen-bond donors (Lipinski definition) is 1. The molecule has 1 fully saturated rings. The molecular weight excluding hydrogens is 352 g/mol. The van der Waals surface area contributed by atoms with Gasteiger partial charge in [-0.25, -0.2) is 0 Å². The van der Waals surface area contributed by atoms with E-state index in [-0.39, 0.29) is 11.1 Å². The van der Waals surface area contributed by atoms with E-state index in [1.807, 2.05) is 30.5 Å². The van der Waals surface area contributed by atoms with Crippen LogP contribution in [-0.2, 0) is 4.79 Å². The number of carbonyl (C=O) groups excluding carboxylic acids is 2. The minimum absolute atomic E-state index is 0.330. The number of fused-ring (bicyclic) bond motifs is 1. The van der Waals surface area contributed by atoms with Crippen molar-refractivity contribution in [3.63, 3.8) is 0 Å². The first-order valence-electron chi connectivity index (χ1n) is 7.72. The maximum absolute atomic E-state index is 11.7. The maximum Gasteiger partial charge on any atom is 0.290 e. The van der Waals surface area contributed by atoms with Crippen molar-refractivity contribution < 1.29 is 9.59 Å². The van der Waals surface area contributed by atoms with Crippen LogP contribution < -0.4 is 5.32 Å². The van der Waals surface area contributed by atoms with Gasteiger partial charge in [-0.1, -0.05) is 6.07 Å². The van der Waals surface area contributed by atoms with E-state index >= 15 is 0 Å². The third kappa shape index (κ3) is 2.99. The van der Waals surface area contributed by atoms with E-state index in [4.69, 9.17) is 0 Å². The van der Waals surface area contributed by atoms with E-state index in [9.17, 15) is 9.59 Å². The second-order valence-corrected chi connectivity index (χ2v) is 8.11. The topological polar surface area (TPSA) is 59.1 Å². The number of amides is 2. The number of aromatic nitrogens is 1. The minimum atomic E-state index is -0.342. The zero-order valence-corrected chi connectivity index (χ0v) is 15.3. The Kier molecular flexibility index (Phi) is 3.94. The van der Waals surface area contributed by atoms with Crippen LogP contribution in [0.15, 0.2) is 41.4 Å². The summed E-state index contributed by atoms with van der Waals surface area (Å²) in [6.07, 6.45) is 3.56. The van der Waals surface area contributed by atoms with Crippen molar-refractivity contribution in [2.24, 2.45) is 0 Å². The van der Waals surface area contributed by atoms with E-state index in [1.54, 1.807) is 17.4 Å². The van der Waals surface area contributed by atoms with Gasteiger partial charge in [0.05, 0.1) is 10.4 Å². The summed E-state index contributed by atoms with van der Waals surface area (Å²) >= 11 is 2.69. The van der Waals surface area contributed by atoms with Crippen LogP contribution in [0, 0.1) is 13.8 Å². The molecule has 124 valence electrons. The highest BCUT2D eigenvalue weighted by Gasteiger charge is 2.25. The van der Waals surface area contributed by atoms with Gasteiger partial charge in [0.15, 0.2) is 0 Å². The molecule has 0 unspecified atom stereocenters. The third-order valence-electron chi connectivity index (χ3n) is 4.14. The SMILES string of the molecule is Cc1cc(-c2ccnc3ccc(/C=C4\SC(=O)NC4=O)cc23)sc1C. The predicted molar refractivity (Wildman–Crippen MR) is 104 cm³/mol. The number of thioether (sulfide) groups is 1. The predicted octanol–water partition coefficient (Wildman–Crippen LogP) is 4.90. The van der Waals surface area contributed by atoms with Gasteiger partial charge in [0.25, 0.3) is 11.1 Å². The zero-order chi connectivity index (χ0) is 17.6. The monoisotopic (exact) mass is 366 g/mol. The molecule has 4 nitrogen and oxygen atoms in total. The van der Waals surface area contributed by atoms with Gasteiger partial charge < -0.3 is 0 Å². The molecule has 0 saturated carbocycles. The van der Waals surface area contributed by atoms with Gasteiger partial charge in [-0.2, -0.15) is 0 Å². The first-order chi connectivity index (χ1) is 12.0. The number of aryl methyl sites for hydroxylation is 2. The van der Waals surface area contributed by atoms with Crippen LogP contribution in [0.25, 0.3) is 27.4 Å². The lowest BCUT2D eigenvalue weighted by Gasteiger charge is -2.05. The van der Waals surface area contributed by atoms with E-state index < -0.39 is 0 Å². The van der Waals surface area contributed by atoms with Crippen LogP contribution in [0.3, 0.4) is 0 Å². The Morgan fingerprint density at radius 1 is 1.12 bits per heavy atom. The fraction of sp³-hybridized carbons (Fsp3) is 0.105. The molecule has 1 aliphatic rings. The molecule has 1 N–H and O–H groups in total. The van der Waals surface area contributed by atoms with Crippen molar-refractivity contribution in [1.82, 2.24) is 10.3 Å². The van der Waals surface area contributed by atoms with Crippen LogP contribution in [-0.4, -0.2) is 16.1 Å². The van der Waals surface area contributed by atoms with Crippen molar-refractivity contribution in [2.45, 2.75) is 13.8 Å². The molecule has 4 rings (SSSR count). The highest BCUT2D eigenvalue weighted by atomic mass is 32.2. The van der Waals surface area contributed by atoms with Crippen molar-refractivity contribution in [3.8, 4) is 10.4 Å². The quantitative estimate of drug-likeness (QED) is 0.655. The van der Waals surface area contributed by atoms with Crippen LogP contribution >= 0.6 is 23.1 Å². The summed E-state index contributed by atoms with van der Waals surface area (Å²) < 4.78 is 0. The number of thiophene rings is 1. The first-order valence-corrected chi connectivity index (χ1v) is 9.35. The molecule has 0 atom stereocenters. The lowest BCUT2D eigenvalue weighted by Crippen LogP contribution is -2.17. The number of nitrogens with one attached hydrogen (secondary N) is 1. The lowest BCUT2D eigenvalue weighted by atomic mass is 10.0. The average molecular weight is 366 g/mol. The second-order valence-electron chi connectivity index (χ2n) is 5.84. The van der Waals surface area contributed by atoms with E-state index in [1.165, 1.54) is 15.3 Å². The Hall–Kier alpha value is -2.44. The molecule has 0 spiro atoms.